The highest BCUT2D eigenvalue weighted by atomic mass is 19.1. The van der Waals surface area contributed by atoms with Crippen molar-refractivity contribution in [3.8, 4) is 0 Å². The van der Waals surface area contributed by atoms with Crippen LogP contribution in [-0.2, 0) is 17.9 Å². The molecular weight excluding hydrogens is 421 g/mol. The molecule has 1 aromatic carbocycles. The molecule has 174 valence electrons. The summed E-state index contributed by atoms with van der Waals surface area (Å²) in [5.74, 6) is 0.0639. The fraction of sp³-hybridized carbons (Fsp3) is 0.462. The van der Waals surface area contributed by atoms with Crippen molar-refractivity contribution in [3.05, 3.63) is 59.2 Å². The van der Waals surface area contributed by atoms with Crippen molar-refractivity contribution in [2.45, 2.75) is 77.0 Å². The predicted octanol–water partition coefficient (Wildman–Crippen LogP) is 4.94. The highest BCUT2D eigenvalue weighted by Gasteiger charge is 2.48. The van der Waals surface area contributed by atoms with Crippen molar-refractivity contribution in [1.29, 1.82) is 0 Å². The lowest BCUT2D eigenvalue weighted by molar-refractivity contribution is -0.134. The number of aromatic nitrogens is 1. The van der Waals surface area contributed by atoms with Crippen LogP contribution in [-0.4, -0.2) is 32.9 Å². The van der Waals surface area contributed by atoms with Crippen molar-refractivity contribution < 1.29 is 18.4 Å². The number of fused-ring (bicyclic) bond motifs is 3. The highest BCUT2D eigenvalue weighted by Crippen LogP contribution is 2.35. The second-order valence-corrected chi connectivity index (χ2v) is 9.68. The minimum Gasteiger partial charge on any atom is -0.460 e. The number of rotatable bonds is 4. The van der Waals surface area contributed by atoms with Crippen LogP contribution in [0.5, 0.6) is 0 Å². The standard InChI is InChI=1S/C26H30FN3O3/c1-17-13-21-23(33-17)14-22-24(31)30(15-18-9-11-19(27)12-10-18)26(2,16-29(21)22)25(32)28-20-7-5-3-4-6-8-20/h9-14,20H,3-8,15-16H2,1-2H3,(H,28,32)/t26-/m1/s1. The van der Waals surface area contributed by atoms with Gasteiger partial charge in [-0.2, -0.15) is 0 Å². The molecule has 0 saturated heterocycles. The number of furan rings is 1. The summed E-state index contributed by atoms with van der Waals surface area (Å²) in [4.78, 5) is 29.1. The van der Waals surface area contributed by atoms with Crippen molar-refractivity contribution in [2.75, 3.05) is 0 Å². The smallest absolute Gasteiger partial charge is 0.271 e. The molecule has 6 nitrogen and oxygen atoms in total. The van der Waals surface area contributed by atoms with Gasteiger partial charge in [0, 0.05) is 24.7 Å². The van der Waals surface area contributed by atoms with Gasteiger partial charge >= 0.3 is 0 Å². The van der Waals surface area contributed by atoms with Crippen molar-refractivity contribution in [3.63, 3.8) is 0 Å². The number of hydrogen-bond donors (Lipinski definition) is 1. The fourth-order valence-electron chi connectivity index (χ4n) is 5.25. The summed E-state index contributed by atoms with van der Waals surface area (Å²) < 4.78 is 21.1. The van der Waals surface area contributed by atoms with E-state index in [1.807, 2.05) is 24.5 Å². The van der Waals surface area contributed by atoms with Gasteiger partial charge < -0.3 is 19.2 Å². The SMILES string of the molecule is Cc1cc2c(cc3n2C[C@](C)(C(=O)NC2CCCCCC2)N(Cc2ccc(F)cc2)C3=O)o1. The zero-order valence-electron chi connectivity index (χ0n) is 19.2. The summed E-state index contributed by atoms with van der Waals surface area (Å²) in [6.45, 7) is 4.26. The predicted molar refractivity (Wildman–Crippen MR) is 123 cm³/mol. The molecule has 1 saturated carbocycles. The van der Waals surface area contributed by atoms with E-state index < -0.39 is 5.54 Å². The van der Waals surface area contributed by atoms with Gasteiger partial charge in [-0.15, -0.1) is 0 Å². The quantitative estimate of drug-likeness (QED) is 0.572. The molecule has 0 radical (unpaired) electrons. The number of carbonyl (C=O) groups is 2. The van der Waals surface area contributed by atoms with Crippen LogP contribution in [0.4, 0.5) is 4.39 Å². The number of nitrogens with one attached hydrogen (secondary N) is 1. The third-order valence-corrected chi connectivity index (χ3v) is 7.17. The second kappa shape index (κ2) is 8.36. The summed E-state index contributed by atoms with van der Waals surface area (Å²) in [7, 11) is 0. The Morgan fingerprint density at radius 1 is 1.15 bits per heavy atom. The van der Waals surface area contributed by atoms with Gasteiger partial charge in [-0.1, -0.05) is 37.8 Å². The molecule has 1 N–H and O–H groups in total. The van der Waals surface area contributed by atoms with Crippen LogP contribution in [0.3, 0.4) is 0 Å². The second-order valence-electron chi connectivity index (χ2n) is 9.68. The zero-order chi connectivity index (χ0) is 23.2. The molecule has 1 fully saturated rings. The molecule has 2 aromatic heterocycles. The molecule has 1 aliphatic heterocycles. The summed E-state index contributed by atoms with van der Waals surface area (Å²) in [5.41, 5.74) is 1.65. The molecule has 3 heterocycles. The average Bonchev–Trinajstić information content (AvgIpc) is 3.18. The monoisotopic (exact) mass is 451 g/mol. The Morgan fingerprint density at radius 3 is 2.55 bits per heavy atom. The lowest BCUT2D eigenvalue weighted by atomic mass is 9.93. The van der Waals surface area contributed by atoms with E-state index in [0.717, 1.165) is 42.5 Å². The van der Waals surface area contributed by atoms with E-state index in [0.29, 0.717) is 17.8 Å². The minimum atomic E-state index is -1.10. The first kappa shape index (κ1) is 21.7. The molecule has 5 rings (SSSR count). The first-order chi connectivity index (χ1) is 15.8. The lowest BCUT2D eigenvalue weighted by Crippen LogP contribution is -2.64. The van der Waals surface area contributed by atoms with Crippen molar-refractivity contribution >= 4 is 22.9 Å². The summed E-state index contributed by atoms with van der Waals surface area (Å²) in [6, 6.07) is 9.87. The maximum Gasteiger partial charge on any atom is 0.271 e. The largest absolute Gasteiger partial charge is 0.460 e. The number of amides is 2. The van der Waals surface area contributed by atoms with Gasteiger partial charge in [0.2, 0.25) is 5.91 Å². The fourth-order valence-corrected chi connectivity index (χ4v) is 5.25. The van der Waals surface area contributed by atoms with Crippen LogP contribution in [0, 0.1) is 12.7 Å². The molecular formula is C26H30FN3O3. The van der Waals surface area contributed by atoms with Gasteiger partial charge in [0.25, 0.3) is 5.91 Å². The lowest BCUT2D eigenvalue weighted by Gasteiger charge is -2.44. The maximum absolute atomic E-state index is 13.8. The third-order valence-electron chi connectivity index (χ3n) is 7.17. The van der Waals surface area contributed by atoms with Gasteiger partial charge in [-0.25, -0.2) is 4.39 Å². The van der Waals surface area contributed by atoms with E-state index in [2.05, 4.69) is 5.32 Å². The molecule has 2 aliphatic rings. The third kappa shape index (κ3) is 3.94. The van der Waals surface area contributed by atoms with Crippen LogP contribution in [0.25, 0.3) is 11.1 Å². The number of benzene rings is 1. The van der Waals surface area contributed by atoms with E-state index in [4.69, 9.17) is 4.42 Å². The van der Waals surface area contributed by atoms with Gasteiger partial charge in [0.15, 0.2) is 5.58 Å². The van der Waals surface area contributed by atoms with Gasteiger partial charge in [-0.3, -0.25) is 9.59 Å². The minimum absolute atomic E-state index is 0.127. The first-order valence-corrected chi connectivity index (χ1v) is 11.8. The molecule has 2 amide bonds. The Bertz CT molecular complexity index is 1190. The number of nitrogens with zero attached hydrogens (tertiary/aromatic N) is 2. The highest BCUT2D eigenvalue weighted by molar-refractivity contribution is 6.03. The molecule has 3 aromatic rings. The Kier molecular flexibility index (Phi) is 5.51. The first-order valence-electron chi connectivity index (χ1n) is 11.8. The molecule has 0 spiro atoms. The van der Waals surface area contributed by atoms with Crippen LogP contribution < -0.4 is 5.32 Å². The van der Waals surface area contributed by atoms with Crippen LogP contribution in [0.1, 0.15) is 67.3 Å². The molecule has 0 bridgehead atoms. The molecule has 7 heteroatoms. The number of hydrogen-bond acceptors (Lipinski definition) is 3. The van der Waals surface area contributed by atoms with E-state index in [1.165, 1.54) is 25.0 Å². The van der Waals surface area contributed by atoms with E-state index in [9.17, 15) is 14.0 Å². The van der Waals surface area contributed by atoms with E-state index in [1.54, 1.807) is 23.1 Å². The average molecular weight is 452 g/mol. The van der Waals surface area contributed by atoms with Gasteiger partial charge in [0.1, 0.15) is 22.8 Å². The summed E-state index contributed by atoms with van der Waals surface area (Å²) in [5, 5.41) is 3.26. The Hall–Kier alpha value is -3.09. The Labute approximate surface area is 192 Å². The number of carbonyl (C=O) groups excluding carboxylic acids is 2. The number of halogens is 1. The molecule has 1 atom stereocenters. The van der Waals surface area contributed by atoms with Crippen LogP contribution >= 0.6 is 0 Å². The normalized spacial score (nSPS) is 21.8. The Balaban J connectivity index is 1.52. The van der Waals surface area contributed by atoms with Crippen molar-refractivity contribution in [2.24, 2.45) is 0 Å². The van der Waals surface area contributed by atoms with Gasteiger partial charge in [-0.05, 0) is 44.4 Å². The Morgan fingerprint density at radius 2 is 1.85 bits per heavy atom. The van der Waals surface area contributed by atoms with E-state index >= 15 is 0 Å². The van der Waals surface area contributed by atoms with Crippen molar-refractivity contribution in [1.82, 2.24) is 14.8 Å². The maximum atomic E-state index is 13.8. The number of aryl methyl sites for hydroxylation is 1. The van der Waals surface area contributed by atoms with Crippen LogP contribution in [0.2, 0.25) is 0 Å². The molecule has 0 unspecified atom stereocenters. The summed E-state index contributed by atoms with van der Waals surface area (Å²) >= 11 is 0. The van der Waals surface area contributed by atoms with Crippen LogP contribution in [0.15, 0.2) is 40.8 Å². The van der Waals surface area contributed by atoms with E-state index in [-0.39, 0.29) is 30.2 Å². The molecule has 1 aliphatic carbocycles. The topological polar surface area (TPSA) is 67.5 Å². The molecule has 33 heavy (non-hydrogen) atoms. The zero-order valence-corrected chi connectivity index (χ0v) is 19.2. The summed E-state index contributed by atoms with van der Waals surface area (Å²) in [6.07, 6.45) is 6.54. The van der Waals surface area contributed by atoms with Gasteiger partial charge in [0.05, 0.1) is 12.1 Å².